The molecule has 1 saturated carbocycles. The number of halogens is 2. The zero-order valence-corrected chi connectivity index (χ0v) is 8.99. The van der Waals surface area contributed by atoms with Crippen LogP contribution in [0.3, 0.4) is 0 Å². The van der Waals surface area contributed by atoms with Crippen molar-refractivity contribution in [3.63, 3.8) is 0 Å². The molecule has 0 N–H and O–H groups in total. The smallest absolute Gasteiger partial charge is 0.0595 e. The fraction of sp³-hybridized carbons (Fsp3) is 0.364. The average molecular weight is 214 g/mol. The molecule has 1 radical (unpaired) electrons. The Balaban J connectivity index is 2.37. The van der Waals surface area contributed by atoms with Crippen molar-refractivity contribution in [2.75, 3.05) is 0 Å². The molecule has 0 aromatic heterocycles. The molecule has 1 aliphatic carbocycles. The predicted molar refractivity (Wildman–Crippen MR) is 57.3 cm³/mol. The maximum absolute atomic E-state index is 5.96. The molecule has 2 rings (SSSR count). The highest BCUT2D eigenvalue weighted by Gasteiger charge is 2.42. The van der Waals surface area contributed by atoms with Gasteiger partial charge in [-0.1, -0.05) is 36.2 Å². The minimum Gasteiger partial charge on any atom is -0.0827 e. The van der Waals surface area contributed by atoms with E-state index in [4.69, 9.17) is 23.2 Å². The van der Waals surface area contributed by atoms with Gasteiger partial charge in [0.15, 0.2) is 0 Å². The van der Waals surface area contributed by atoms with Gasteiger partial charge in [-0.3, -0.25) is 0 Å². The summed E-state index contributed by atoms with van der Waals surface area (Å²) in [4.78, 5) is 0. The van der Waals surface area contributed by atoms with Crippen LogP contribution in [-0.2, 0) is 5.41 Å². The third kappa shape index (κ3) is 1.58. The summed E-state index contributed by atoms with van der Waals surface area (Å²) in [5.41, 5.74) is 1.60. The second kappa shape index (κ2) is 3.18. The number of hydrogen-bond acceptors (Lipinski definition) is 0. The van der Waals surface area contributed by atoms with Crippen molar-refractivity contribution in [2.45, 2.75) is 25.2 Å². The highest BCUT2D eigenvalue weighted by Crippen LogP contribution is 2.51. The summed E-state index contributed by atoms with van der Waals surface area (Å²) < 4.78 is 0. The van der Waals surface area contributed by atoms with Gasteiger partial charge in [0.25, 0.3) is 0 Å². The summed E-state index contributed by atoms with van der Waals surface area (Å²) in [5.74, 6) is 0. The van der Waals surface area contributed by atoms with Crippen LogP contribution < -0.4 is 0 Å². The average Bonchev–Trinajstić information content (AvgIpc) is 2.90. The van der Waals surface area contributed by atoms with Gasteiger partial charge in [0.1, 0.15) is 0 Å². The predicted octanol–water partition coefficient (Wildman–Crippen LogP) is 4.25. The van der Waals surface area contributed by atoms with Crippen LogP contribution in [0.5, 0.6) is 0 Å². The van der Waals surface area contributed by atoms with Gasteiger partial charge < -0.3 is 0 Å². The molecule has 0 saturated heterocycles. The molecule has 1 aromatic carbocycles. The van der Waals surface area contributed by atoms with E-state index in [0.717, 1.165) is 0 Å². The number of rotatable bonds is 2. The fourth-order valence-electron chi connectivity index (χ4n) is 1.68. The largest absolute Gasteiger partial charge is 0.0827 e. The van der Waals surface area contributed by atoms with Gasteiger partial charge >= 0.3 is 0 Å². The Morgan fingerprint density at radius 1 is 1.23 bits per heavy atom. The lowest BCUT2D eigenvalue weighted by Crippen LogP contribution is -2.04. The van der Waals surface area contributed by atoms with Gasteiger partial charge in [-0.15, -0.1) is 0 Å². The SMILES string of the molecule is C[CH]C1(c2ccc(Cl)c(Cl)c2)CC1. The van der Waals surface area contributed by atoms with Crippen LogP contribution in [0, 0.1) is 6.42 Å². The molecule has 0 aliphatic heterocycles. The van der Waals surface area contributed by atoms with Crippen molar-refractivity contribution < 1.29 is 0 Å². The Labute approximate surface area is 88.9 Å². The topological polar surface area (TPSA) is 0 Å². The zero-order valence-electron chi connectivity index (χ0n) is 7.48. The maximum Gasteiger partial charge on any atom is 0.0595 e. The Morgan fingerprint density at radius 2 is 1.92 bits per heavy atom. The molecule has 2 heteroatoms. The van der Waals surface area contributed by atoms with Crippen LogP contribution >= 0.6 is 23.2 Å². The van der Waals surface area contributed by atoms with E-state index in [0.29, 0.717) is 15.5 Å². The molecule has 1 aliphatic rings. The standard InChI is InChI=1S/C11H11Cl2/c1-2-11(5-6-11)8-3-4-9(12)10(13)7-8/h2-4,7H,5-6H2,1H3. The molecule has 69 valence electrons. The van der Waals surface area contributed by atoms with Crippen molar-refractivity contribution in [1.29, 1.82) is 0 Å². The molecule has 1 fully saturated rings. The first kappa shape index (κ1) is 9.36. The normalized spacial score (nSPS) is 18.7. The monoisotopic (exact) mass is 213 g/mol. The third-order valence-electron chi connectivity index (χ3n) is 2.84. The van der Waals surface area contributed by atoms with Gasteiger partial charge in [0.2, 0.25) is 0 Å². The molecule has 0 spiro atoms. The van der Waals surface area contributed by atoms with E-state index in [1.165, 1.54) is 18.4 Å². The maximum atomic E-state index is 5.96. The molecule has 0 nitrogen and oxygen atoms in total. The van der Waals surface area contributed by atoms with Gasteiger partial charge in [0.05, 0.1) is 10.0 Å². The molecule has 0 bridgehead atoms. The molecular formula is C11H11Cl2. The van der Waals surface area contributed by atoms with E-state index < -0.39 is 0 Å². The Bertz CT molecular complexity index is 327. The van der Waals surface area contributed by atoms with Crippen LogP contribution in [0.2, 0.25) is 10.0 Å². The second-order valence-corrected chi connectivity index (χ2v) is 4.39. The van der Waals surface area contributed by atoms with Crippen LogP contribution in [0.1, 0.15) is 25.3 Å². The van der Waals surface area contributed by atoms with Crippen LogP contribution in [0.25, 0.3) is 0 Å². The summed E-state index contributed by atoms with van der Waals surface area (Å²) in [5, 5.41) is 1.30. The first-order chi connectivity index (χ1) is 6.18. The lowest BCUT2D eigenvalue weighted by atomic mass is 9.93. The minimum atomic E-state index is 0.300. The summed E-state index contributed by atoms with van der Waals surface area (Å²) in [6.07, 6.45) is 4.73. The van der Waals surface area contributed by atoms with Gasteiger partial charge in [-0.2, -0.15) is 0 Å². The van der Waals surface area contributed by atoms with Crippen molar-refractivity contribution in [3.05, 3.63) is 40.2 Å². The summed E-state index contributed by atoms with van der Waals surface area (Å²) in [6.45, 7) is 2.11. The highest BCUT2D eigenvalue weighted by molar-refractivity contribution is 6.42. The van der Waals surface area contributed by atoms with Crippen LogP contribution in [-0.4, -0.2) is 0 Å². The van der Waals surface area contributed by atoms with Crippen molar-refractivity contribution in [3.8, 4) is 0 Å². The molecule has 0 atom stereocenters. The molecule has 0 unspecified atom stereocenters. The van der Waals surface area contributed by atoms with E-state index >= 15 is 0 Å². The second-order valence-electron chi connectivity index (χ2n) is 3.57. The van der Waals surface area contributed by atoms with Gasteiger partial charge in [-0.05, 0) is 42.4 Å². The Hall–Kier alpha value is -0.200. The lowest BCUT2D eigenvalue weighted by molar-refractivity contribution is 0.813. The van der Waals surface area contributed by atoms with E-state index in [-0.39, 0.29) is 0 Å². The van der Waals surface area contributed by atoms with Crippen LogP contribution in [0.15, 0.2) is 18.2 Å². The van der Waals surface area contributed by atoms with E-state index in [2.05, 4.69) is 19.4 Å². The Morgan fingerprint density at radius 3 is 2.38 bits per heavy atom. The van der Waals surface area contributed by atoms with Crippen molar-refractivity contribution in [2.24, 2.45) is 0 Å². The first-order valence-corrected chi connectivity index (χ1v) is 5.20. The quantitative estimate of drug-likeness (QED) is 0.690. The molecule has 0 heterocycles. The molecular weight excluding hydrogens is 203 g/mol. The zero-order chi connectivity index (χ0) is 9.47. The van der Waals surface area contributed by atoms with Gasteiger partial charge in [0, 0.05) is 0 Å². The molecule has 1 aromatic rings. The van der Waals surface area contributed by atoms with Gasteiger partial charge in [-0.25, -0.2) is 0 Å². The van der Waals surface area contributed by atoms with E-state index in [9.17, 15) is 0 Å². The van der Waals surface area contributed by atoms with Crippen LogP contribution in [0.4, 0.5) is 0 Å². The molecule has 0 amide bonds. The van der Waals surface area contributed by atoms with Crippen molar-refractivity contribution in [1.82, 2.24) is 0 Å². The summed E-state index contributed by atoms with van der Waals surface area (Å²) in [7, 11) is 0. The van der Waals surface area contributed by atoms with E-state index in [1.807, 2.05) is 12.1 Å². The fourth-order valence-corrected chi connectivity index (χ4v) is 1.98. The first-order valence-electron chi connectivity index (χ1n) is 4.44. The third-order valence-corrected chi connectivity index (χ3v) is 3.57. The molecule has 13 heavy (non-hydrogen) atoms. The highest BCUT2D eigenvalue weighted by atomic mass is 35.5. The minimum absolute atomic E-state index is 0.300. The lowest BCUT2D eigenvalue weighted by Gasteiger charge is -2.12. The summed E-state index contributed by atoms with van der Waals surface area (Å²) in [6, 6.07) is 5.93. The Kier molecular flexibility index (Phi) is 2.29. The van der Waals surface area contributed by atoms with Crippen molar-refractivity contribution >= 4 is 23.2 Å². The number of hydrogen-bond donors (Lipinski definition) is 0. The van der Waals surface area contributed by atoms with E-state index in [1.54, 1.807) is 0 Å². The summed E-state index contributed by atoms with van der Waals surface area (Å²) >= 11 is 11.8. The number of benzene rings is 1.